The van der Waals surface area contributed by atoms with Crippen molar-refractivity contribution in [1.29, 1.82) is 0 Å². The van der Waals surface area contributed by atoms with E-state index in [0.29, 0.717) is 6.42 Å². The first-order valence-corrected chi connectivity index (χ1v) is 8.24. The fourth-order valence-electron chi connectivity index (χ4n) is 3.02. The number of rotatable bonds is 2. The highest BCUT2D eigenvalue weighted by atomic mass is 79.9. The van der Waals surface area contributed by atoms with E-state index in [1.54, 1.807) is 0 Å². The van der Waals surface area contributed by atoms with Gasteiger partial charge in [-0.05, 0) is 48.1 Å². The molecule has 1 aliphatic heterocycles. The van der Waals surface area contributed by atoms with Gasteiger partial charge in [0.25, 0.3) is 0 Å². The molecule has 0 saturated heterocycles. The van der Waals surface area contributed by atoms with Crippen LogP contribution in [0.5, 0.6) is 5.75 Å². The molecule has 4 rings (SSSR count). The molecule has 2 aliphatic rings. The van der Waals surface area contributed by atoms with Crippen molar-refractivity contribution >= 4 is 15.9 Å². The van der Waals surface area contributed by atoms with Crippen LogP contribution < -0.4 is 4.74 Å². The monoisotopic (exact) mass is 344 g/mol. The van der Waals surface area contributed by atoms with Gasteiger partial charge in [0, 0.05) is 16.5 Å². The van der Waals surface area contributed by atoms with Gasteiger partial charge in [0.05, 0.1) is 6.10 Å². The first kappa shape index (κ1) is 13.4. The van der Waals surface area contributed by atoms with Gasteiger partial charge in [0.2, 0.25) is 0 Å². The average Bonchev–Trinajstić information content (AvgIpc) is 3.33. The van der Waals surface area contributed by atoms with Crippen LogP contribution in [0.25, 0.3) is 0 Å². The Morgan fingerprint density at radius 3 is 2.43 bits per heavy atom. The van der Waals surface area contributed by atoms with E-state index in [0.717, 1.165) is 27.3 Å². The highest BCUT2D eigenvalue weighted by Crippen LogP contribution is 2.43. The van der Waals surface area contributed by atoms with Crippen molar-refractivity contribution in [2.24, 2.45) is 0 Å². The highest BCUT2D eigenvalue weighted by Gasteiger charge is 2.29. The van der Waals surface area contributed by atoms with Crippen molar-refractivity contribution < 1.29 is 9.84 Å². The van der Waals surface area contributed by atoms with Crippen molar-refractivity contribution in [3.63, 3.8) is 0 Å². The van der Waals surface area contributed by atoms with Crippen molar-refractivity contribution in [2.75, 3.05) is 0 Å². The third-order valence-electron chi connectivity index (χ3n) is 4.39. The van der Waals surface area contributed by atoms with Crippen LogP contribution in [0.15, 0.2) is 46.9 Å². The average molecular weight is 345 g/mol. The van der Waals surface area contributed by atoms with Gasteiger partial charge in [0.1, 0.15) is 11.9 Å². The Labute approximate surface area is 132 Å². The summed E-state index contributed by atoms with van der Waals surface area (Å²) in [5.74, 6) is 1.56. The maximum atomic E-state index is 10.4. The lowest BCUT2D eigenvalue weighted by molar-refractivity contribution is 0.0657. The Kier molecular flexibility index (Phi) is 3.27. The summed E-state index contributed by atoms with van der Waals surface area (Å²) in [5, 5.41) is 10.4. The summed E-state index contributed by atoms with van der Waals surface area (Å²) >= 11 is 3.44. The number of hydrogen-bond acceptors (Lipinski definition) is 2. The van der Waals surface area contributed by atoms with Gasteiger partial charge < -0.3 is 9.84 Å². The van der Waals surface area contributed by atoms with Crippen molar-refractivity contribution in [3.8, 4) is 5.75 Å². The SMILES string of the molecule is O[C@@H]1CC(c2ccc(C3CC3)cc2)Oc2ccc(Br)cc21. The third kappa shape index (κ3) is 2.60. The van der Waals surface area contributed by atoms with Gasteiger partial charge in [-0.1, -0.05) is 40.2 Å². The Morgan fingerprint density at radius 2 is 1.71 bits per heavy atom. The molecule has 0 amide bonds. The lowest BCUT2D eigenvalue weighted by Gasteiger charge is -2.30. The van der Waals surface area contributed by atoms with Crippen LogP contribution in [0.4, 0.5) is 0 Å². The normalized spacial score (nSPS) is 24.3. The smallest absolute Gasteiger partial charge is 0.127 e. The van der Waals surface area contributed by atoms with Crippen LogP contribution in [-0.2, 0) is 0 Å². The van der Waals surface area contributed by atoms with E-state index in [4.69, 9.17) is 4.74 Å². The molecule has 1 heterocycles. The first-order chi connectivity index (χ1) is 10.2. The Bertz CT molecular complexity index is 661. The molecule has 108 valence electrons. The second-order valence-corrected chi connectivity index (χ2v) is 6.90. The van der Waals surface area contributed by atoms with Crippen molar-refractivity contribution in [3.05, 3.63) is 63.6 Å². The topological polar surface area (TPSA) is 29.5 Å². The van der Waals surface area contributed by atoms with E-state index >= 15 is 0 Å². The minimum atomic E-state index is -0.473. The quantitative estimate of drug-likeness (QED) is 0.840. The van der Waals surface area contributed by atoms with Gasteiger partial charge in [-0.3, -0.25) is 0 Å². The molecular formula is C18H17BrO2. The number of ether oxygens (including phenoxy) is 1. The minimum absolute atomic E-state index is 0.0677. The predicted octanol–water partition coefficient (Wildman–Crippen LogP) is 4.88. The standard InChI is InChI=1S/C18H17BrO2/c19-14-7-8-17-15(9-14)16(20)10-18(21-17)13-5-3-12(4-6-13)11-1-2-11/h3-9,11,16,18,20H,1-2,10H2/t16-,18?/m1/s1. The molecule has 2 aromatic rings. The summed E-state index contributed by atoms with van der Waals surface area (Å²) < 4.78 is 7.05. The van der Waals surface area contributed by atoms with Gasteiger partial charge >= 0.3 is 0 Å². The minimum Gasteiger partial charge on any atom is -0.485 e. The lowest BCUT2D eigenvalue weighted by Crippen LogP contribution is -2.19. The molecule has 1 aliphatic carbocycles. The van der Waals surface area contributed by atoms with E-state index in [2.05, 4.69) is 40.2 Å². The number of halogens is 1. The van der Waals surface area contributed by atoms with Crippen LogP contribution in [-0.4, -0.2) is 5.11 Å². The summed E-state index contributed by atoms with van der Waals surface area (Å²) in [6.07, 6.45) is 2.70. The number of hydrogen-bond donors (Lipinski definition) is 1. The summed E-state index contributed by atoms with van der Waals surface area (Å²) in [6, 6.07) is 14.5. The lowest BCUT2D eigenvalue weighted by atomic mass is 9.94. The van der Waals surface area contributed by atoms with Crippen molar-refractivity contribution in [1.82, 2.24) is 0 Å². The van der Waals surface area contributed by atoms with Crippen LogP contribution in [0.2, 0.25) is 0 Å². The van der Waals surface area contributed by atoms with E-state index in [-0.39, 0.29) is 6.10 Å². The molecule has 0 radical (unpaired) electrons. The van der Waals surface area contributed by atoms with Gasteiger partial charge in [0.15, 0.2) is 0 Å². The summed E-state index contributed by atoms with van der Waals surface area (Å²) in [6.45, 7) is 0. The molecule has 21 heavy (non-hydrogen) atoms. The van der Waals surface area contributed by atoms with E-state index in [1.165, 1.54) is 18.4 Å². The molecule has 3 heteroatoms. The molecule has 2 atom stereocenters. The second kappa shape index (κ2) is 5.15. The molecule has 1 saturated carbocycles. The summed E-state index contributed by atoms with van der Waals surface area (Å²) in [7, 11) is 0. The maximum Gasteiger partial charge on any atom is 0.127 e. The zero-order chi connectivity index (χ0) is 14.4. The molecule has 2 aromatic carbocycles. The Morgan fingerprint density at radius 1 is 1.00 bits per heavy atom. The van der Waals surface area contributed by atoms with Crippen molar-refractivity contribution in [2.45, 2.75) is 37.4 Å². The molecule has 1 unspecified atom stereocenters. The van der Waals surface area contributed by atoms with Gasteiger partial charge in [-0.25, -0.2) is 0 Å². The highest BCUT2D eigenvalue weighted by molar-refractivity contribution is 9.10. The number of fused-ring (bicyclic) bond motifs is 1. The molecule has 1 fully saturated rings. The predicted molar refractivity (Wildman–Crippen MR) is 85.5 cm³/mol. The first-order valence-electron chi connectivity index (χ1n) is 7.45. The molecule has 2 nitrogen and oxygen atoms in total. The number of aliphatic hydroxyl groups is 1. The van der Waals surface area contributed by atoms with Crippen LogP contribution in [0, 0.1) is 0 Å². The molecule has 0 bridgehead atoms. The molecule has 0 spiro atoms. The third-order valence-corrected chi connectivity index (χ3v) is 4.89. The van der Waals surface area contributed by atoms with Gasteiger partial charge in [-0.2, -0.15) is 0 Å². The zero-order valence-corrected chi connectivity index (χ0v) is 13.2. The number of benzene rings is 2. The summed E-state index contributed by atoms with van der Waals surface area (Å²) in [5.41, 5.74) is 3.45. The largest absolute Gasteiger partial charge is 0.485 e. The maximum absolute atomic E-state index is 10.4. The Balaban J connectivity index is 1.60. The zero-order valence-electron chi connectivity index (χ0n) is 11.6. The van der Waals surface area contributed by atoms with Crippen LogP contribution >= 0.6 is 15.9 Å². The second-order valence-electron chi connectivity index (χ2n) is 5.98. The van der Waals surface area contributed by atoms with E-state index < -0.39 is 6.10 Å². The summed E-state index contributed by atoms with van der Waals surface area (Å²) in [4.78, 5) is 0. The number of aliphatic hydroxyl groups excluding tert-OH is 1. The van der Waals surface area contributed by atoms with Crippen LogP contribution in [0.3, 0.4) is 0 Å². The Hall–Kier alpha value is -1.32. The molecule has 0 aromatic heterocycles. The molecular weight excluding hydrogens is 328 g/mol. The fourth-order valence-corrected chi connectivity index (χ4v) is 3.40. The van der Waals surface area contributed by atoms with E-state index in [9.17, 15) is 5.11 Å². The van der Waals surface area contributed by atoms with Crippen LogP contribution in [0.1, 0.15) is 54.1 Å². The van der Waals surface area contributed by atoms with Gasteiger partial charge in [-0.15, -0.1) is 0 Å². The fraction of sp³-hybridized carbons (Fsp3) is 0.333. The van der Waals surface area contributed by atoms with E-state index in [1.807, 2.05) is 18.2 Å². The molecule has 1 N–H and O–H groups in total.